The van der Waals surface area contributed by atoms with Crippen molar-refractivity contribution >= 4 is 19.7 Å². The molecule has 0 aliphatic rings. The molecule has 0 aromatic heterocycles. The molecule has 9 nitrogen and oxygen atoms in total. The van der Waals surface area contributed by atoms with Crippen molar-refractivity contribution < 1.29 is 37.3 Å². The zero-order valence-electron chi connectivity index (χ0n) is 49.1. The molecule has 0 aliphatic heterocycles. The Morgan fingerprint density at radius 2 is 0.878 bits per heavy atom. The van der Waals surface area contributed by atoms with Crippen molar-refractivity contribution in [2.45, 2.75) is 283 Å². The Kier molecular flexibility index (Phi) is 52.0. The lowest BCUT2D eigenvalue weighted by atomic mass is 10.0. The molecule has 3 unspecified atom stereocenters. The molecular weight excluding hydrogens is 940 g/mol. The second-order valence-electron chi connectivity index (χ2n) is 21.9. The van der Waals surface area contributed by atoms with Crippen LogP contribution in [0, 0.1) is 0 Å². The Balaban J connectivity index is 5.33. The Hall–Kier alpha value is -2.55. The molecular formula is C64H118N2O7P+. The average molecular weight is 1060 g/mol. The molecule has 0 spiro atoms. The molecule has 3 atom stereocenters. The number of carbonyl (C=O) groups excluding carboxylic acids is 2. The van der Waals surface area contributed by atoms with Crippen molar-refractivity contribution in [1.29, 1.82) is 0 Å². The van der Waals surface area contributed by atoms with Gasteiger partial charge in [-0.05, 0) is 70.3 Å². The molecule has 0 aromatic carbocycles. The summed E-state index contributed by atoms with van der Waals surface area (Å²) in [6, 6.07) is -0.871. The lowest BCUT2D eigenvalue weighted by Gasteiger charge is -2.27. The van der Waals surface area contributed by atoms with Gasteiger partial charge in [0, 0.05) is 12.8 Å². The summed E-state index contributed by atoms with van der Waals surface area (Å²) >= 11 is 0. The molecule has 0 aromatic rings. The molecule has 0 fully saturated rings. The number of nitrogens with zero attached hydrogens (tertiary/aromatic N) is 1. The SMILES string of the molecule is CC/C=C\C/C=C\C/C=C\C/C=C\C/C=C\CCCC(=O)OC(/C=C/CCCCCCCCCCCC)C(COP(=O)(O)OCC[N+](C)(C)C)NC(=O)CCCCCCCCCCCCCCCCCCCCC. The van der Waals surface area contributed by atoms with Crippen LogP contribution in [-0.2, 0) is 27.9 Å². The number of amides is 1. The highest BCUT2D eigenvalue weighted by Crippen LogP contribution is 2.43. The van der Waals surface area contributed by atoms with Crippen LogP contribution in [0.2, 0.25) is 0 Å². The van der Waals surface area contributed by atoms with Gasteiger partial charge in [0.1, 0.15) is 19.3 Å². The minimum Gasteiger partial charge on any atom is -0.456 e. The smallest absolute Gasteiger partial charge is 0.456 e. The monoisotopic (exact) mass is 1060 g/mol. The van der Waals surface area contributed by atoms with E-state index < -0.39 is 20.0 Å². The first-order valence-corrected chi connectivity index (χ1v) is 32.3. The van der Waals surface area contributed by atoms with E-state index in [-0.39, 0.29) is 31.5 Å². The van der Waals surface area contributed by atoms with Gasteiger partial charge in [0.2, 0.25) is 5.91 Å². The highest BCUT2D eigenvalue weighted by molar-refractivity contribution is 7.47. The molecule has 74 heavy (non-hydrogen) atoms. The molecule has 0 heterocycles. The molecule has 0 saturated carbocycles. The molecule has 0 bridgehead atoms. The second-order valence-corrected chi connectivity index (χ2v) is 23.3. The van der Waals surface area contributed by atoms with E-state index in [4.69, 9.17) is 13.8 Å². The Morgan fingerprint density at radius 1 is 0.486 bits per heavy atom. The Bertz CT molecular complexity index is 1500. The van der Waals surface area contributed by atoms with Crippen LogP contribution < -0.4 is 5.32 Å². The van der Waals surface area contributed by atoms with Crippen molar-refractivity contribution in [3.05, 3.63) is 72.9 Å². The van der Waals surface area contributed by atoms with E-state index >= 15 is 0 Å². The fourth-order valence-corrected chi connectivity index (χ4v) is 9.42. The summed E-state index contributed by atoms with van der Waals surface area (Å²) in [6.45, 7) is 6.88. The predicted molar refractivity (Wildman–Crippen MR) is 318 cm³/mol. The van der Waals surface area contributed by atoms with Crippen molar-refractivity contribution in [3.8, 4) is 0 Å². The molecule has 430 valence electrons. The maximum absolute atomic E-state index is 13.5. The summed E-state index contributed by atoms with van der Waals surface area (Å²) in [6.07, 6.45) is 69.1. The largest absolute Gasteiger partial charge is 0.472 e. The standard InChI is InChI=1S/C64H117N2O7P/c1-7-10-13-16-19-22-25-28-30-32-33-35-36-38-41-44-47-50-53-56-63(67)65-61(60-72-74(69,70)71-59-58-66(4,5)6)62(55-52-49-46-43-40-27-24-21-18-15-12-9-3)73-64(68)57-54-51-48-45-42-39-37-34-31-29-26-23-20-17-14-11-8-2/h11,14,20,23,29,31,37,39,45,48,52,55,61-62H,7-10,12-13,15-19,21-22,24-28,30,32-36,38,40-44,46-47,49-51,53-54,56-60H2,1-6H3,(H-,65,67,69,70)/p+1/b14-11-,23-20-,31-29-,39-37-,48-45-,55-52+. The molecule has 2 N–H and O–H groups in total. The number of quaternary nitrogens is 1. The average Bonchev–Trinajstić information content (AvgIpc) is 3.36. The zero-order chi connectivity index (χ0) is 54.3. The van der Waals surface area contributed by atoms with Crippen LogP contribution in [0.25, 0.3) is 0 Å². The number of hydrogen-bond acceptors (Lipinski definition) is 6. The summed E-state index contributed by atoms with van der Waals surface area (Å²) in [4.78, 5) is 37.7. The fraction of sp³-hybridized carbons (Fsp3) is 0.781. The maximum atomic E-state index is 13.5. The van der Waals surface area contributed by atoms with Crippen LogP contribution in [0.4, 0.5) is 0 Å². The maximum Gasteiger partial charge on any atom is 0.472 e. The minimum atomic E-state index is -4.46. The van der Waals surface area contributed by atoms with Crippen LogP contribution in [-0.4, -0.2) is 74.3 Å². The van der Waals surface area contributed by atoms with E-state index in [1.54, 1.807) is 0 Å². The second kappa shape index (κ2) is 53.8. The topological polar surface area (TPSA) is 111 Å². The van der Waals surface area contributed by atoms with E-state index in [1.165, 1.54) is 154 Å². The number of unbranched alkanes of at least 4 members (excludes halogenated alkanes) is 29. The van der Waals surface area contributed by atoms with E-state index in [1.807, 2.05) is 33.3 Å². The minimum absolute atomic E-state index is 0.0305. The van der Waals surface area contributed by atoms with E-state index in [0.717, 1.165) is 77.0 Å². The van der Waals surface area contributed by atoms with Gasteiger partial charge in [-0.2, -0.15) is 0 Å². The van der Waals surface area contributed by atoms with Gasteiger partial charge in [0.25, 0.3) is 0 Å². The van der Waals surface area contributed by atoms with E-state index in [2.05, 4.69) is 86.8 Å². The summed E-state index contributed by atoms with van der Waals surface area (Å²) in [7, 11) is 1.47. The third kappa shape index (κ3) is 54.2. The van der Waals surface area contributed by atoms with Gasteiger partial charge in [-0.1, -0.05) is 261 Å². The van der Waals surface area contributed by atoms with Gasteiger partial charge in [0.15, 0.2) is 0 Å². The van der Waals surface area contributed by atoms with Crippen molar-refractivity contribution in [3.63, 3.8) is 0 Å². The molecule has 0 saturated heterocycles. The number of likely N-dealkylation sites (N-methyl/N-ethyl adjacent to an activating group) is 1. The van der Waals surface area contributed by atoms with Crippen molar-refractivity contribution in [2.24, 2.45) is 0 Å². The predicted octanol–water partition coefficient (Wildman–Crippen LogP) is 18.8. The summed E-state index contributed by atoms with van der Waals surface area (Å²) in [5.74, 6) is -0.567. The van der Waals surface area contributed by atoms with Crippen LogP contribution in [0.1, 0.15) is 271 Å². The number of phosphoric ester groups is 1. The summed E-state index contributed by atoms with van der Waals surface area (Å²) in [5, 5.41) is 3.04. The lowest BCUT2D eigenvalue weighted by molar-refractivity contribution is -0.870. The number of phosphoric acid groups is 1. The van der Waals surface area contributed by atoms with Gasteiger partial charge in [-0.15, -0.1) is 0 Å². The quantitative estimate of drug-likeness (QED) is 0.0205. The normalized spacial score (nSPS) is 14.2. The van der Waals surface area contributed by atoms with Crippen LogP contribution in [0.15, 0.2) is 72.9 Å². The van der Waals surface area contributed by atoms with Crippen LogP contribution >= 0.6 is 7.82 Å². The molecule has 10 heteroatoms. The summed E-state index contributed by atoms with van der Waals surface area (Å²) < 4.78 is 30.6. The van der Waals surface area contributed by atoms with Crippen LogP contribution in [0.3, 0.4) is 0 Å². The van der Waals surface area contributed by atoms with Crippen molar-refractivity contribution in [2.75, 3.05) is 40.9 Å². The number of ether oxygens (including phenoxy) is 1. The van der Waals surface area contributed by atoms with Gasteiger partial charge in [0.05, 0.1) is 33.8 Å². The van der Waals surface area contributed by atoms with Gasteiger partial charge in [-0.3, -0.25) is 18.6 Å². The first-order chi connectivity index (χ1) is 35.9. The number of esters is 1. The molecule has 0 aliphatic carbocycles. The lowest BCUT2D eigenvalue weighted by Crippen LogP contribution is -2.47. The van der Waals surface area contributed by atoms with E-state index in [9.17, 15) is 19.0 Å². The zero-order valence-corrected chi connectivity index (χ0v) is 50.0. The molecule has 0 radical (unpaired) electrons. The number of nitrogens with one attached hydrogen (secondary N) is 1. The summed E-state index contributed by atoms with van der Waals surface area (Å²) in [5.41, 5.74) is 0. The van der Waals surface area contributed by atoms with Gasteiger partial charge < -0.3 is 19.4 Å². The highest BCUT2D eigenvalue weighted by Gasteiger charge is 2.30. The van der Waals surface area contributed by atoms with Crippen LogP contribution in [0.5, 0.6) is 0 Å². The molecule has 1 amide bonds. The van der Waals surface area contributed by atoms with Gasteiger partial charge in [-0.25, -0.2) is 4.57 Å². The number of hydrogen-bond donors (Lipinski definition) is 2. The number of rotatable bonds is 55. The first-order valence-electron chi connectivity index (χ1n) is 30.8. The highest BCUT2D eigenvalue weighted by atomic mass is 31.2. The third-order valence-corrected chi connectivity index (χ3v) is 14.4. The van der Waals surface area contributed by atoms with Crippen molar-refractivity contribution in [1.82, 2.24) is 5.32 Å². The third-order valence-electron chi connectivity index (χ3n) is 13.4. The first kappa shape index (κ1) is 71.5. The Morgan fingerprint density at radius 3 is 1.31 bits per heavy atom. The molecule has 0 rings (SSSR count). The Labute approximate surface area is 457 Å². The van der Waals surface area contributed by atoms with E-state index in [0.29, 0.717) is 23.9 Å². The number of carbonyl (C=O) groups is 2. The number of allylic oxidation sites excluding steroid dienone is 11. The van der Waals surface area contributed by atoms with Gasteiger partial charge >= 0.3 is 13.8 Å². The fourth-order valence-electron chi connectivity index (χ4n) is 8.68.